The molecule has 1 saturated heterocycles. The Bertz CT molecular complexity index is 637. The van der Waals surface area contributed by atoms with E-state index in [0.29, 0.717) is 24.6 Å². The van der Waals surface area contributed by atoms with E-state index in [1.165, 1.54) is 12.1 Å². The first-order valence-electron chi connectivity index (χ1n) is 7.17. The maximum atomic E-state index is 13.0. The van der Waals surface area contributed by atoms with Crippen molar-refractivity contribution in [3.8, 4) is 0 Å². The normalized spacial score (nSPS) is 16.0. The summed E-state index contributed by atoms with van der Waals surface area (Å²) in [4.78, 5) is 8.41. The zero-order chi connectivity index (χ0) is 15.4. The Morgan fingerprint density at radius 2 is 1.77 bits per heavy atom. The molecule has 0 spiro atoms. The van der Waals surface area contributed by atoms with Gasteiger partial charge in [0.25, 0.3) is 0 Å². The smallest absolute Gasteiger partial charge is 0.194 e. The highest BCUT2D eigenvalue weighted by molar-refractivity contribution is 5.96. The van der Waals surface area contributed by atoms with Crippen LogP contribution in [0, 0.1) is 5.82 Å². The first-order chi connectivity index (χ1) is 10.8. The van der Waals surface area contributed by atoms with Crippen molar-refractivity contribution >= 4 is 11.5 Å². The first kappa shape index (κ1) is 14.3. The van der Waals surface area contributed by atoms with Crippen molar-refractivity contribution < 1.29 is 9.60 Å². The lowest BCUT2D eigenvalue weighted by Crippen LogP contribution is -2.49. The Labute approximate surface area is 128 Å². The highest BCUT2D eigenvalue weighted by Crippen LogP contribution is 2.17. The number of nitrogens with zero attached hydrogens (tertiary/aromatic N) is 4. The lowest BCUT2D eigenvalue weighted by Gasteiger charge is -2.37. The fourth-order valence-electron chi connectivity index (χ4n) is 2.60. The zero-order valence-electron chi connectivity index (χ0n) is 12.1. The lowest BCUT2D eigenvalue weighted by atomic mass is 10.2. The third kappa shape index (κ3) is 3.00. The van der Waals surface area contributed by atoms with Crippen molar-refractivity contribution in [3.05, 3.63) is 60.2 Å². The molecule has 0 saturated carbocycles. The van der Waals surface area contributed by atoms with Gasteiger partial charge < -0.3 is 15.0 Å². The van der Waals surface area contributed by atoms with Crippen molar-refractivity contribution in [1.82, 2.24) is 9.88 Å². The molecule has 0 aliphatic carbocycles. The van der Waals surface area contributed by atoms with Gasteiger partial charge in [0.1, 0.15) is 11.5 Å². The Hall–Kier alpha value is -2.63. The number of halogens is 1. The van der Waals surface area contributed by atoms with Gasteiger partial charge in [-0.3, -0.25) is 4.98 Å². The summed E-state index contributed by atoms with van der Waals surface area (Å²) < 4.78 is 13.0. The average molecular weight is 300 g/mol. The summed E-state index contributed by atoms with van der Waals surface area (Å²) in [5, 5.41) is 12.7. The van der Waals surface area contributed by atoms with E-state index in [0.717, 1.165) is 18.8 Å². The van der Waals surface area contributed by atoms with Crippen LogP contribution in [-0.4, -0.2) is 47.1 Å². The third-order valence-corrected chi connectivity index (χ3v) is 3.76. The molecule has 0 unspecified atom stereocenters. The number of pyridine rings is 1. The lowest BCUT2D eigenvalue weighted by molar-refractivity contribution is 0.295. The Balaban J connectivity index is 1.67. The third-order valence-electron chi connectivity index (χ3n) is 3.76. The number of benzene rings is 1. The summed E-state index contributed by atoms with van der Waals surface area (Å²) in [6.07, 6.45) is 1.68. The molecular formula is C16H17FN4O. The maximum Gasteiger partial charge on any atom is 0.194 e. The number of anilines is 1. The molecule has 0 radical (unpaired) electrons. The van der Waals surface area contributed by atoms with E-state index in [1.54, 1.807) is 18.3 Å². The van der Waals surface area contributed by atoms with Gasteiger partial charge in [-0.1, -0.05) is 11.2 Å². The van der Waals surface area contributed by atoms with E-state index >= 15 is 0 Å². The summed E-state index contributed by atoms with van der Waals surface area (Å²) in [5.41, 5.74) is 1.65. The fourth-order valence-corrected chi connectivity index (χ4v) is 2.60. The average Bonchev–Trinajstić information content (AvgIpc) is 2.58. The van der Waals surface area contributed by atoms with Crippen LogP contribution in [0.15, 0.2) is 53.8 Å². The van der Waals surface area contributed by atoms with Crippen LogP contribution in [0.4, 0.5) is 10.1 Å². The van der Waals surface area contributed by atoms with E-state index in [1.807, 2.05) is 23.1 Å². The molecule has 1 aromatic heterocycles. The highest BCUT2D eigenvalue weighted by atomic mass is 19.1. The Morgan fingerprint density at radius 1 is 1.05 bits per heavy atom. The van der Waals surface area contributed by atoms with Gasteiger partial charge in [0.15, 0.2) is 5.84 Å². The molecule has 0 bridgehead atoms. The van der Waals surface area contributed by atoms with Gasteiger partial charge in [-0.25, -0.2) is 4.39 Å². The van der Waals surface area contributed by atoms with Crippen LogP contribution in [0.3, 0.4) is 0 Å². The first-order valence-corrected chi connectivity index (χ1v) is 7.17. The van der Waals surface area contributed by atoms with Gasteiger partial charge >= 0.3 is 0 Å². The van der Waals surface area contributed by atoms with Crippen LogP contribution in [-0.2, 0) is 0 Å². The monoisotopic (exact) mass is 300 g/mol. The zero-order valence-corrected chi connectivity index (χ0v) is 12.1. The van der Waals surface area contributed by atoms with Crippen molar-refractivity contribution in [2.75, 3.05) is 31.1 Å². The van der Waals surface area contributed by atoms with Crippen molar-refractivity contribution in [1.29, 1.82) is 0 Å². The summed E-state index contributed by atoms with van der Waals surface area (Å²) >= 11 is 0. The minimum atomic E-state index is -0.229. The molecule has 0 atom stereocenters. The van der Waals surface area contributed by atoms with Gasteiger partial charge in [0.2, 0.25) is 0 Å². The van der Waals surface area contributed by atoms with E-state index in [2.05, 4.69) is 15.0 Å². The Kier molecular flexibility index (Phi) is 4.18. The summed E-state index contributed by atoms with van der Waals surface area (Å²) in [6, 6.07) is 12.0. The molecule has 2 aromatic rings. The maximum absolute atomic E-state index is 13.0. The topological polar surface area (TPSA) is 52.0 Å². The van der Waals surface area contributed by atoms with Crippen molar-refractivity contribution in [2.24, 2.45) is 5.16 Å². The predicted molar refractivity (Wildman–Crippen MR) is 82.7 cm³/mol. The number of piperazine rings is 1. The SMILES string of the molecule is O/N=C(/c1ccccn1)N1CCN(c2ccc(F)cc2)CC1. The minimum Gasteiger partial charge on any atom is -0.409 e. The van der Waals surface area contributed by atoms with Crippen LogP contribution < -0.4 is 4.90 Å². The molecule has 3 rings (SSSR count). The fraction of sp³-hybridized carbons (Fsp3) is 0.250. The second-order valence-corrected chi connectivity index (χ2v) is 5.09. The van der Waals surface area contributed by atoms with E-state index in [4.69, 9.17) is 0 Å². The van der Waals surface area contributed by atoms with E-state index in [-0.39, 0.29) is 5.82 Å². The van der Waals surface area contributed by atoms with E-state index in [9.17, 15) is 9.60 Å². The van der Waals surface area contributed by atoms with Gasteiger partial charge in [-0.05, 0) is 36.4 Å². The molecule has 1 aliphatic heterocycles. The van der Waals surface area contributed by atoms with Gasteiger partial charge in [0.05, 0.1) is 0 Å². The van der Waals surface area contributed by atoms with Crippen molar-refractivity contribution in [2.45, 2.75) is 0 Å². The van der Waals surface area contributed by atoms with E-state index < -0.39 is 0 Å². The molecule has 22 heavy (non-hydrogen) atoms. The Morgan fingerprint density at radius 3 is 2.36 bits per heavy atom. The highest BCUT2D eigenvalue weighted by Gasteiger charge is 2.22. The number of amidine groups is 1. The molecule has 114 valence electrons. The van der Waals surface area contributed by atoms with Crippen molar-refractivity contribution in [3.63, 3.8) is 0 Å². The molecule has 6 heteroatoms. The van der Waals surface area contributed by atoms with Crippen LogP contribution in [0.5, 0.6) is 0 Å². The quantitative estimate of drug-likeness (QED) is 0.400. The number of oxime groups is 1. The number of rotatable bonds is 2. The van der Waals surface area contributed by atoms with Gasteiger partial charge in [-0.2, -0.15) is 0 Å². The predicted octanol–water partition coefficient (Wildman–Crippen LogP) is 2.18. The van der Waals surface area contributed by atoms with Crippen LogP contribution in [0.1, 0.15) is 5.69 Å². The van der Waals surface area contributed by atoms with Crippen LogP contribution in [0.25, 0.3) is 0 Å². The number of hydrogen-bond donors (Lipinski definition) is 1. The van der Waals surface area contributed by atoms with Gasteiger partial charge in [-0.15, -0.1) is 0 Å². The minimum absolute atomic E-state index is 0.229. The van der Waals surface area contributed by atoms with Crippen LogP contribution >= 0.6 is 0 Å². The molecule has 5 nitrogen and oxygen atoms in total. The van der Waals surface area contributed by atoms with Crippen LogP contribution in [0.2, 0.25) is 0 Å². The van der Waals surface area contributed by atoms with Gasteiger partial charge in [0, 0.05) is 38.1 Å². The molecule has 1 fully saturated rings. The second-order valence-electron chi connectivity index (χ2n) is 5.09. The number of hydrogen-bond acceptors (Lipinski definition) is 4. The summed E-state index contributed by atoms with van der Waals surface area (Å²) in [7, 11) is 0. The number of aromatic nitrogens is 1. The molecule has 0 amide bonds. The standard InChI is InChI=1S/C16H17FN4O/c17-13-4-6-14(7-5-13)20-9-11-21(12-10-20)16(19-22)15-3-1-2-8-18-15/h1-8,22H,9-12H2/b19-16-. The molecule has 1 aliphatic rings. The second kappa shape index (κ2) is 6.43. The molecule has 2 heterocycles. The molecule has 1 N–H and O–H groups in total. The largest absolute Gasteiger partial charge is 0.409 e. The molecular weight excluding hydrogens is 283 g/mol. The summed E-state index contributed by atoms with van der Waals surface area (Å²) in [6.45, 7) is 2.98. The summed E-state index contributed by atoms with van der Waals surface area (Å²) in [5.74, 6) is 0.256. The molecule has 1 aromatic carbocycles.